The molecule has 8 nitrogen and oxygen atoms in total. The molecule has 1 aromatic carbocycles. The number of carbonyl (C=O) groups is 2. The molecule has 0 bridgehead atoms. The number of carbonyl (C=O) groups excluding carboxylic acids is 1. The van der Waals surface area contributed by atoms with Crippen LogP contribution >= 0.6 is 0 Å². The largest absolute Gasteiger partial charge is 0.492 e. The number of aldehydes is 1. The summed E-state index contributed by atoms with van der Waals surface area (Å²) in [6.45, 7) is 4.04. The van der Waals surface area contributed by atoms with Gasteiger partial charge >= 0.3 is 6.09 Å². The summed E-state index contributed by atoms with van der Waals surface area (Å²) in [4.78, 5) is 39.0. The molecule has 0 radical (unpaired) electrons. The van der Waals surface area contributed by atoms with Crippen molar-refractivity contribution in [1.82, 2.24) is 14.9 Å². The molecular formula is C21H23N3O5. The summed E-state index contributed by atoms with van der Waals surface area (Å²) in [6.07, 6.45) is 3.39. The number of hydrogen-bond donors (Lipinski definition) is 2. The summed E-state index contributed by atoms with van der Waals surface area (Å²) < 4.78 is 7.39. The molecule has 0 spiro atoms. The molecule has 0 aliphatic rings. The van der Waals surface area contributed by atoms with Gasteiger partial charge in [0.05, 0.1) is 23.1 Å². The van der Waals surface area contributed by atoms with Gasteiger partial charge in [-0.05, 0) is 36.8 Å². The number of aromatic nitrogens is 2. The molecule has 29 heavy (non-hydrogen) atoms. The quantitative estimate of drug-likeness (QED) is 0.468. The van der Waals surface area contributed by atoms with Crippen molar-refractivity contribution in [3.05, 3.63) is 46.5 Å². The van der Waals surface area contributed by atoms with Gasteiger partial charge in [-0.1, -0.05) is 6.92 Å². The molecule has 0 aliphatic heterocycles. The first-order chi connectivity index (χ1) is 13.8. The predicted molar refractivity (Wildman–Crippen MR) is 110 cm³/mol. The number of carboxylic acid groups (broad SMARTS) is 1. The summed E-state index contributed by atoms with van der Waals surface area (Å²) in [5.41, 5.74) is 0.869. The summed E-state index contributed by atoms with van der Waals surface area (Å²) in [7, 11) is 1.67. The Morgan fingerprint density at radius 2 is 2.07 bits per heavy atom. The van der Waals surface area contributed by atoms with E-state index in [-0.39, 0.29) is 17.5 Å². The van der Waals surface area contributed by atoms with Gasteiger partial charge in [0, 0.05) is 36.9 Å². The van der Waals surface area contributed by atoms with Gasteiger partial charge in [0.1, 0.15) is 5.75 Å². The maximum Gasteiger partial charge on any atom is 0.404 e. The summed E-state index contributed by atoms with van der Waals surface area (Å²) in [6, 6.07) is 4.96. The number of rotatable bonds is 7. The third kappa shape index (κ3) is 4.21. The Morgan fingerprint density at radius 1 is 1.31 bits per heavy atom. The van der Waals surface area contributed by atoms with Crippen molar-refractivity contribution in [2.45, 2.75) is 26.3 Å². The first kappa shape index (κ1) is 20.3. The number of nitrogens with zero attached hydrogens (tertiary/aromatic N) is 2. The summed E-state index contributed by atoms with van der Waals surface area (Å²) in [5.74, 6) is 0.445. The topological polar surface area (TPSA) is 111 Å². The van der Waals surface area contributed by atoms with Crippen LogP contribution in [-0.2, 0) is 7.05 Å². The number of amides is 1. The average Bonchev–Trinajstić information content (AvgIpc) is 2.69. The van der Waals surface area contributed by atoms with Gasteiger partial charge < -0.3 is 19.7 Å². The number of aryl methyl sites for hydroxylation is 1. The zero-order chi connectivity index (χ0) is 21.1. The van der Waals surface area contributed by atoms with E-state index in [4.69, 9.17) is 9.84 Å². The minimum Gasteiger partial charge on any atom is -0.492 e. The van der Waals surface area contributed by atoms with Crippen LogP contribution in [0.3, 0.4) is 0 Å². The van der Waals surface area contributed by atoms with Crippen LogP contribution in [0.2, 0.25) is 0 Å². The molecular weight excluding hydrogens is 374 g/mol. The fourth-order valence-corrected chi connectivity index (χ4v) is 3.56. The molecule has 3 aromatic rings. The van der Waals surface area contributed by atoms with Crippen LogP contribution in [0.4, 0.5) is 4.79 Å². The Balaban J connectivity index is 1.94. The van der Waals surface area contributed by atoms with Crippen molar-refractivity contribution < 1.29 is 19.4 Å². The van der Waals surface area contributed by atoms with E-state index in [2.05, 4.69) is 10.3 Å². The molecule has 152 valence electrons. The third-order valence-electron chi connectivity index (χ3n) is 4.91. The molecule has 3 rings (SSSR count). The second kappa shape index (κ2) is 8.30. The van der Waals surface area contributed by atoms with Crippen LogP contribution in [0.25, 0.3) is 21.7 Å². The van der Waals surface area contributed by atoms with Gasteiger partial charge in [-0.25, -0.2) is 4.79 Å². The number of benzene rings is 1. The Hall–Kier alpha value is -3.42. The van der Waals surface area contributed by atoms with E-state index in [0.29, 0.717) is 35.2 Å². The fraction of sp³-hybridized carbons (Fsp3) is 0.333. The highest BCUT2D eigenvalue weighted by Gasteiger charge is 2.15. The molecule has 0 saturated heterocycles. The Morgan fingerprint density at radius 3 is 2.76 bits per heavy atom. The van der Waals surface area contributed by atoms with E-state index in [9.17, 15) is 14.4 Å². The second-order valence-electron chi connectivity index (χ2n) is 7.31. The van der Waals surface area contributed by atoms with Crippen LogP contribution < -0.4 is 15.6 Å². The van der Waals surface area contributed by atoms with Crippen molar-refractivity contribution in [3.8, 4) is 5.75 Å². The zero-order valence-corrected chi connectivity index (χ0v) is 16.5. The lowest BCUT2D eigenvalue weighted by atomic mass is 10.0. The average molecular weight is 397 g/mol. The smallest absolute Gasteiger partial charge is 0.404 e. The van der Waals surface area contributed by atoms with Gasteiger partial charge in [0.15, 0.2) is 6.29 Å². The van der Waals surface area contributed by atoms with Gasteiger partial charge in [0.25, 0.3) is 5.56 Å². The van der Waals surface area contributed by atoms with E-state index >= 15 is 0 Å². The maximum atomic E-state index is 12.6. The van der Waals surface area contributed by atoms with Crippen LogP contribution in [0.1, 0.15) is 30.6 Å². The molecule has 0 fully saturated rings. The number of fused-ring (bicyclic) bond motifs is 3. The van der Waals surface area contributed by atoms with Gasteiger partial charge in [-0.15, -0.1) is 0 Å². The van der Waals surface area contributed by atoms with Crippen molar-refractivity contribution >= 4 is 34.1 Å². The minimum absolute atomic E-state index is 0.0542. The van der Waals surface area contributed by atoms with Gasteiger partial charge in [-0.2, -0.15) is 0 Å². The van der Waals surface area contributed by atoms with Crippen molar-refractivity contribution in [3.63, 3.8) is 0 Å². The molecule has 0 saturated carbocycles. The van der Waals surface area contributed by atoms with E-state index in [1.165, 1.54) is 10.8 Å². The molecule has 0 aliphatic carbocycles. The first-order valence-electron chi connectivity index (χ1n) is 9.29. The first-order valence-corrected chi connectivity index (χ1v) is 9.29. The van der Waals surface area contributed by atoms with E-state index in [1.54, 1.807) is 38.4 Å². The zero-order valence-electron chi connectivity index (χ0n) is 16.5. The van der Waals surface area contributed by atoms with Crippen molar-refractivity contribution in [1.29, 1.82) is 0 Å². The van der Waals surface area contributed by atoms with Crippen molar-refractivity contribution in [2.24, 2.45) is 13.0 Å². The van der Waals surface area contributed by atoms with Crippen LogP contribution in [0.5, 0.6) is 5.75 Å². The molecule has 2 heterocycles. The van der Waals surface area contributed by atoms with Crippen LogP contribution in [0.15, 0.2) is 35.4 Å². The number of pyridine rings is 2. The summed E-state index contributed by atoms with van der Waals surface area (Å²) >= 11 is 0. The van der Waals surface area contributed by atoms with Gasteiger partial charge in [-0.3, -0.25) is 14.6 Å². The van der Waals surface area contributed by atoms with Crippen molar-refractivity contribution in [2.75, 3.05) is 6.61 Å². The fourth-order valence-electron chi connectivity index (χ4n) is 3.56. The third-order valence-corrected chi connectivity index (χ3v) is 4.91. The van der Waals surface area contributed by atoms with E-state index in [1.807, 2.05) is 6.92 Å². The normalized spacial score (nSPS) is 13.2. The lowest BCUT2D eigenvalue weighted by Gasteiger charge is -2.19. The highest BCUT2D eigenvalue weighted by molar-refractivity contribution is 6.07. The predicted octanol–water partition coefficient (Wildman–Crippen LogP) is 2.96. The highest BCUT2D eigenvalue weighted by atomic mass is 16.5. The van der Waals surface area contributed by atoms with Gasteiger partial charge in [0.2, 0.25) is 0 Å². The molecule has 2 N–H and O–H groups in total. The lowest BCUT2D eigenvalue weighted by Crippen LogP contribution is -2.33. The van der Waals surface area contributed by atoms with Crippen LogP contribution in [-0.4, -0.2) is 39.7 Å². The van der Waals surface area contributed by atoms with E-state index < -0.39 is 6.09 Å². The Bertz CT molecular complexity index is 1140. The molecule has 2 aromatic heterocycles. The molecule has 8 heteroatoms. The molecule has 2 atom stereocenters. The Labute approximate surface area is 167 Å². The lowest BCUT2D eigenvalue weighted by molar-refractivity contribution is 0.111. The second-order valence-corrected chi connectivity index (χ2v) is 7.31. The number of nitrogens with one attached hydrogen (secondary N) is 1. The Kier molecular flexibility index (Phi) is 5.81. The number of ether oxygens (including phenoxy) is 1. The van der Waals surface area contributed by atoms with Crippen LogP contribution in [0, 0.1) is 5.92 Å². The maximum absolute atomic E-state index is 12.6. The highest BCUT2D eigenvalue weighted by Crippen LogP contribution is 2.29. The monoisotopic (exact) mass is 397 g/mol. The molecule has 1 amide bonds. The SMILES string of the molecule is CC(COc1cc2c(cc1C=O)c1ccncc1c(=O)n2C)CC(C)NC(=O)O. The number of hydrogen-bond acceptors (Lipinski definition) is 5. The minimum atomic E-state index is -1.06. The standard InChI is InChI=1S/C21H23N3O5/c1-12(6-13(2)23-21(27)28)11-29-19-8-18-16(7-14(19)10-25)15-4-5-22-9-17(15)20(26)24(18)3/h4-5,7-10,12-13,23H,6,11H2,1-3H3,(H,27,28). The van der Waals surface area contributed by atoms with E-state index in [0.717, 1.165) is 17.1 Å². The summed E-state index contributed by atoms with van der Waals surface area (Å²) in [5, 5.41) is 13.2. The molecule has 2 unspecified atom stereocenters.